The number of rotatable bonds is 7. The predicted molar refractivity (Wildman–Crippen MR) is 73.3 cm³/mol. The third kappa shape index (κ3) is 5.20. The van der Waals surface area contributed by atoms with Crippen LogP contribution in [-0.2, 0) is 6.42 Å². The molecule has 1 aromatic rings. The Labute approximate surface area is 110 Å². The first-order chi connectivity index (χ1) is 8.57. The lowest BCUT2D eigenvalue weighted by Gasteiger charge is -2.15. The molecule has 0 aliphatic carbocycles. The lowest BCUT2D eigenvalue weighted by Crippen LogP contribution is -2.10. The molecule has 0 bridgehead atoms. The summed E-state index contributed by atoms with van der Waals surface area (Å²) in [6, 6.07) is 10.3. The van der Waals surface area contributed by atoms with Crippen molar-refractivity contribution in [1.82, 2.24) is 0 Å². The van der Waals surface area contributed by atoms with Gasteiger partial charge in [-0.1, -0.05) is 12.1 Å². The summed E-state index contributed by atoms with van der Waals surface area (Å²) in [6.07, 6.45) is 2.62. The van der Waals surface area contributed by atoms with Crippen LogP contribution >= 0.6 is 0 Å². The van der Waals surface area contributed by atoms with Gasteiger partial charge in [0, 0.05) is 0 Å². The summed E-state index contributed by atoms with van der Waals surface area (Å²) in [4.78, 5) is 0. The smallest absolute Gasteiger partial charge is 0.119 e. The van der Waals surface area contributed by atoms with Gasteiger partial charge in [-0.3, -0.25) is 0 Å². The lowest BCUT2D eigenvalue weighted by molar-refractivity contribution is 0.284. The molecule has 0 aliphatic rings. The van der Waals surface area contributed by atoms with Gasteiger partial charge in [-0.15, -0.1) is 0 Å². The van der Waals surface area contributed by atoms with Crippen molar-refractivity contribution in [3.05, 3.63) is 29.8 Å². The van der Waals surface area contributed by atoms with Crippen molar-refractivity contribution in [3.8, 4) is 11.8 Å². The van der Waals surface area contributed by atoms with Gasteiger partial charge in [-0.25, -0.2) is 0 Å². The van der Waals surface area contributed by atoms with Crippen molar-refractivity contribution in [3.63, 3.8) is 0 Å². The van der Waals surface area contributed by atoms with E-state index in [1.807, 2.05) is 32.0 Å². The summed E-state index contributed by atoms with van der Waals surface area (Å²) in [7, 11) is 0. The predicted octanol–water partition coefficient (Wildman–Crippen LogP) is 2.90. The Morgan fingerprint density at radius 3 is 2.83 bits per heavy atom. The Hall–Kier alpha value is -1.53. The Morgan fingerprint density at radius 1 is 1.39 bits per heavy atom. The highest BCUT2D eigenvalue weighted by Gasteiger charge is 2.15. The minimum Gasteiger partial charge on any atom is -0.494 e. The first-order valence-corrected chi connectivity index (χ1v) is 6.40. The average Bonchev–Trinajstić information content (AvgIpc) is 2.36. The van der Waals surface area contributed by atoms with Crippen LogP contribution < -0.4 is 10.5 Å². The summed E-state index contributed by atoms with van der Waals surface area (Å²) >= 11 is 0. The van der Waals surface area contributed by atoms with Gasteiger partial charge < -0.3 is 10.5 Å². The number of nitriles is 1. The van der Waals surface area contributed by atoms with E-state index >= 15 is 0 Å². The third-order valence-electron chi connectivity index (χ3n) is 2.85. The minimum atomic E-state index is -0.259. The van der Waals surface area contributed by atoms with Crippen LogP contribution in [0.2, 0.25) is 0 Å². The zero-order chi connectivity index (χ0) is 13.4. The third-order valence-corrected chi connectivity index (χ3v) is 2.85. The molecule has 0 saturated carbocycles. The highest BCUT2D eigenvalue weighted by molar-refractivity contribution is 5.28. The molecule has 0 unspecified atom stereocenters. The Kier molecular flexibility index (Phi) is 5.67. The molecule has 3 heteroatoms. The molecule has 0 spiro atoms. The minimum absolute atomic E-state index is 0.259. The molecule has 2 N–H and O–H groups in total. The summed E-state index contributed by atoms with van der Waals surface area (Å²) in [5.74, 6) is 0.885. The van der Waals surface area contributed by atoms with Gasteiger partial charge in [0.25, 0.3) is 0 Å². The summed E-state index contributed by atoms with van der Waals surface area (Å²) in [5, 5.41) is 8.90. The van der Waals surface area contributed by atoms with E-state index < -0.39 is 0 Å². The van der Waals surface area contributed by atoms with Gasteiger partial charge in [-0.05, 0) is 57.4 Å². The average molecular weight is 246 g/mol. The molecule has 1 aromatic carbocycles. The van der Waals surface area contributed by atoms with Crippen LogP contribution in [0.3, 0.4) is 0 Å². The molecule has 0 fully saturated rings. The normalized spacial score (nSPS) is 11.0. The van der Waals surface area contributed by atoms with Gasteiger partial charge in [0.05, 0.1) is 18.1 Å². The van der Waals surface area contributed by atoms with E-state index in [4.69, 9.17) is 15.7 Å². The standard InChI is InChI=1S/C15H22N2O/c1-15(2,12-17)8-4-10-18-14-6-3-5-13(11-14)7-9-16/h3,5-6,11H,4,7-10,16H2,1-2H3. The fraction of sp³-hybridized carbons (Fsp3) is 0.533. The van der Waals surface area contributed by atoms with E-state index in [0.29, 0.717) is 13.2 Å². The first kappa shape index (κ1) is 14.5. The number of hydrogen-bond donors (Lipinski definition) is 1. The van der Waals surface area contributed by atoms with E-state index in [1.54, 1.807) is 0 Å². The molecule has 0 aromatic heterocycles. The number of nitrogens with two attached hydrogens (primary N) is 1. The van der Waals surface area contributed by atoms with Gasteiger partial charge in [-0.2, -0.15) is 5.26 Å². The van der Waals surface area contributed by atoms with Crippen molar-refractivity contribution >= 4 is 0 Å². The van der Waals surface area contributed by atoms with Gasteiger partial charge in [0.2, 0.25) is 0 Å². The molecule has 0 aliphatic heterocycles. The van der Waals surface area contributed by atoms with E-state index in [9.17, 15) is 0 Å². The molecular formula is C15H22N2O. The summed E-state index contributed by atoms with van der Waals surface area (Å²) in [6.45, 7) is 5.21. The van der Waals surface area contributed by atoms with Crippen molar-refractivity contribution < 1.29 is 4.74 Å². The van der Waals surface area contributed by atoms with Crippen LogP contribution in [-0.4, -0.2) is 13.2 Å². The number of nitrogens with zero attached hydrogens (tertiary/aromatic N) is 1. The Morgan fingerprint density at radius 2 is 2.17 bits per heavy atom. The zero-order valence-electron chi connectivity index (χ0n) is 11.3. The topological polar surface area (TPSA) is 59.0 Å². The maximum absolute atomic E-state index is 8.90. The van der Waals surface area contributed by atoms with E-state index in [1.165, 1.54) is 5.56 Å². The molecule has 1 rings (SSSR count). The molecule has 0 atom stereocenters. The zero-order valence-corrected chi connectivity index (χ0v) is 11.3. The fourth-order valence-corrected chi connectivity index (χ4v) is 1.72. The molecule has 18 heavy (non-hydrogen) atoms. The highest BCUT2D eigenvalue weighted by Crippen LogP contribution is 2.21. The molecule has 98 valence electrons. The largest absolute Gasteiger partial charge is 0.494 e. The van der Waals surface area contributed by atoms with E-state index in [2.05, 4.69) is 12.1 Å². The maximum atomic E-state index is 8.90. The molecule has 0 saturated heterocycles. The molecular weight excluding hydrogens is 224 g/mol. The number of hydrogen-bond acceptors (Lipinski definition) is 3. The quantitative estimate of drug-likeness (QED) is 0.752. The second-order valence-electron chi connectivity index (χ2n) is 5.13. The second kappa shape index (κ2) is 7.03. The molecule has 3 nitrogen and oxygen atoms in total. The Balaban J connectivity index is 2.36. The molecule has 0 radical (unpaired) electrons. The van der Waals surface area contributed by atoms with Crippen LogP contribution in [0, 0.1) is 16.7 Å². The van der Waals surface area contributed by atoms with Crippen molar-refractivity contribution in [2.45, 2.75) is 33.1 Å². The van der Waals surface area contributed by atoms with Crippen molar-refractivity contribution in [1.29, 1.82) is 5.26 Å². The van der Waals surface area contributed by atoms with Crippen LogP contribution in [0.25, 0.3) is 0 Å². The second-order valence-corrected chi connectivity index (χ2v) is 5.13. The number of benzene rings is 1. The van der Waals surface area contributed by atoms with Crippen LogP contribution in [0.5, 0.6) is 5.75 Å². The summed E-state index contributed by atoms with van der Waals surface area (Å²) < 4.78 is 5.68. The monoisotopic (exact) mass is 246 g/mol. The fourth-order valence-electron chi connectivity index (χ4n) is 1.72. The SMILES string of the molecule is CC(C)(C#N)CCCOc1cccc(CCN)c1. The van der Waals surface area contributed by atoms with Crippen LogP contribution in [0.4, 0.5) is 0 Å². The molecule has 0 heterocycles. The highest BCUT2D eigenvalue weighted by atomic mass is 16.5. The van der Waals surface area contributed by atoms with Crippen molar-refractivity contribution in [2.24, 2.45) is 11.1 Å². The van der Waals surface area contributed by atoms with Gasteiger partial charge in [0.15, 0.2) is 0 Å². The maximum Gasteiger partial charge on any atom is 0.119 e. The van der Waals surface area contributed by atoms with Gasteiger partial charge in [0.1, 0.15) is 5.75 Å². The lowest BCUT2D eigenvalue weighted by atomic mass is 9.90. The van der Waals surface area contributed by atoms with Gasteiger partial charge >= 0.3 is 0 Å². The van der Waals surface area contributed by atoms with E-state index in [0.717, 1.165) is 25.0 Å². The summed E-state index contributed by atoms with van der Waals surface area (Å²) in [5.41, 5.74) is 6.47. The van der Waals surface area contributed by atoms with E-state index in [-0.39, 0.29) is 5.41 Å². The van der Waals surface area contributed by atoms with Crippen LogP contribution in [0.1, 0.15) is 32.3 Å². The number of ether oxygens (including phenoxy) is 1. The van der Waals surface area contributed by atoms with Crippen molar-refractivity contribution in [2.75, 3.05) is 13.2 Å². The Bertz CT molecular complexity index is 407. The first-order valence-electron chi connectivity index (χ1n) is 6.40. The van der Waals surface area contributed by atoms with Crippen LogP contribution in [0.15, 0.2) is 24.3 Å². The molecule has 0 amide bonds.